The van der Waals surface area contributed by atoms with Crippen LogP contribution in [0.5, 0.6) is 0 Å². The summed E-state index contributed by atoms with van der Waals surface area (Å²) in [6.07, 6.45) is 9.15. The van der Waals surface area contributed by atoms with Gasteiger partial charge < -0.3 is 15.0 Å². The van der Waals surface area contributed by atoms with Gasteiger partial charge in [-0.15, -0.1) is 10.2 Å². The van der Waals surface area contributed by atoms with E-state index in [-0.39, 0.29) is 18.4 Å². The molecule has 3 aromatic heterocycles. The summed E-state index contributed by atoms with van der Waals surface area (Å²) in [5, 5.41) is 23.7. The molecule has 1 fully saturated rings. The second-order valence-electron chi connectivity index (χ2n) is 10.7. The smallest absolute Gasteiger partial charge is 0.165 e. The molecule has 8 nitrogen and oxygen atoms in total. The first kappa shape index (κ1) is 23.9. The van der Waals surface area contributed by atoms with E-state index >= 15 is 0 Å². The molecule has 0 saturated heterocycles. The van der Waals surface area contributed by atoms with Crippen LogP contribution >= 0.6 is 0 Å². The highest BCUT2D eigenvalue weighted by Crippen LogP contribution is 2.49. The number of aliphatic hydroxyl groups is 1. The molecule has 196 valence electrons. The number of benzene rings is 2. The molecular formula is C31H31N7O. The summed E-state index contributed by atoms with van der Waals surface area (Å²) >= 11 is 0. The number of aliphatic hydroxyl groups excluding tert-OH is 1. The number of nitrogens with zero attached hydrogens (tertiary/aromatic N) is 6. The van der Waals surface area contributed by atoms with Crippen LogP contribution < -0.4 is 5.32 Å². The lowest BCUT2D eigenvalue weighted by atomic mass is 9.93. The SMILES string of the molecule is OC[C@H]1C[C@@H](Cn2cnc3c(NC4CCCC4)ncnc32)c2c(-c3ccccc3)nnc(-c3ccccc3)c21. The van der Waals surface area contributed by atoms with E-state index in [9.17, 15) is 5.11 Å². The standard InChI is InChI=1S/C31H31N7O/c39-17-23-15-22(16-38-19-34-29-30(32-18-33-31(29)38)35-24-13-7-8-14-24)25-26(23)28(21-11-5-2-6-12-21)37-36-27(25)20-9-3-1-4-10-20/h1-6,9-12,18-19,22-24,39H,7-8,13-17H2,(H,32,33,35)/t22-,23+/m0/s1. The van der Waals surface area contributed by atoms with Crippen molar-refractivity contribution in [2.45, 2.75) is 56.5 Å². The molecule has 0 unspecified atom stereocenters. The summed E-state index contributed by atoms with van der Waals surface area (Å²) < 4.78 is 2.13. The zero-order chi connectivity index (χ0) is 26.2. The van der Waals surface area contributed by atoms with Crippen LogP contribution in [0.3, 0.4) is 0 Å². The zero-order valence-corrected chi connectivity index (χ0v) is 21.7. The minimum absolute atomic E-state index is 0.0258. The number of imidazole rings is 1. The Morgan fingerprint density at radius 3 is 2.08 bits per heavy atom. The molecule has 5 aromatic rings. The van der Waals surface area contributed by atoms with E-state index in [1.807, 2.05) is 42.7 Å². The molecule has 0 radical (unpaired) electrons. The van der Waals surface area contributed by atoms with E-state index in [0.29, 0.717) is 12.6 Å². The van der Waals surface area contributed by atoms with E-state index in [0.717, 1.165) is 57.0 Å². The first-order valence-corrected chi connectivity index (χ1v) is 13.8. The summed E-state index contributed by atoms with van der Waals surface area (Å²) in [6.45, 7) is 0.741. The largest absolute Gasteiger partial charge is 0.396 e. The third kappa shape index (κ3) is 4.34. The number of fused-ring (bicyclic) bond motifs is 2. The Labute approximate surface area is 227 Å². The van der Waals surface area contributed by atoms with Gasteiger partial charge in [0.05, 0.1) is 24.3 Å². The van der Waals surface area contributed by atoms with Crippen LogP contribution in [-0.2, 0) is 6.54 Å². The molecule has 0 aliphatic heterocycles. The average molecular weight is 518 g/mol. The maximum absolute atomic E-state index is 10.5. The highest BCUT2D eigenvalue weighted by molar-refractivity contribution is 5.83. The van der Waals surface area contributed by atoms with Gasteiger partial charge in [0.25, 0.3) is 0 Å². The fourth-order valence-electron chi connectivity index (χ4n) is 6.44. The third-order valence-electron chi connectivity index (χ3n) is 8.27. The van der Waals surface area contributed by atoms with E-state index in [4.69, 9.17) is 15.2 Å². The van der Waals surface area contributed by atoms with Gasteiger partial charge in [-0.2, -0.15) is 0 Å². The van der Waals surface area contributed by atoms with Crippen LogP contribution in [-0.4, -0.2) is 47.5 Å². The molecule has 8 heteroatoms. The Bertz CT molecular complexity index is 1600. The van der Waals surface area contributed by atoms with E-state index < -0.39 is 0 Å². The molecule has 3 heterocycles. The van der Waals surface area contributed by atoms with Gasteiger partial charge in [-0.05, 0) is 30.4 Å². The number of hydrogen-bond acceptors (Lipinski definition) is 7. The molecule has 2 atom stereocenters. The molecule has 0 bridgehead atoms. The number of hydrogen-bond donors (Lipinski definition) is 2. The van der Waals surface area contributed by atoms with Gasteiger partial charge in [-0.25, -0.2) is 15.0 Å². The van der Waals surface area contributed by atoms with Gasteiger partial charge in [0.15, 0.2) is 11.5 Å². The Morgan fingerprint density at radius 1 is 0.795 bits per heavy atom. The van der Waals surface area contributed by atoms with Gasteiger partial charge in [-0.3, -0.25) is 0 Å². The molecule has 39 heavy (non-hydrogen) atoms. The monoisotopic (exact) mass is 517 g/mol. The highest BCUT2D eigenvalue weighted by Gasteiger charge is 2.37. The highest BCUT2D eigenvalue weighted by atomic mass is 16.3. The van der Waals surface area contributed by atoms with Gasteiger partial charge in [0.1, 0.15) is 11.8 Å². The summed E-state index contributed by atoms with van der Waals surface area (Å²) in [6, 6.07) is 20.8. The number of aromatic nitrogens is 6. The predicted molar refractivity (Wildman–Crippen MR) is 151 cm³/mol. The van der Waals surface area contributed by atoms with Crippen molar-refractivity contribution in [2.75, 3.05) is 11.9 Å². The molecular weight excluding hydrogens is 486 g/mol. The van der Waals surface area contributed by atoms with Gasteiger partial charge in [0.2, 0.25) is 0 Å². The van der Waals surface area contributed by atoms with Crippen molar-refractivity contribution in [1.29, 1.82) is 0 Å². The normalized spacial score (nSPS) is 19.0. The Kier molecular flexibility index (Phi) is 6.25. The van der Waals surface area contributed by atoms with Crippen molar-refractivity contribution in [3.63, 3.8) is 0 Å². The lowest BCUT2D eigenvalue weighted by Crippen LogP contribution is -2.16. The average Bonchev–Trinajstić information content (AvgIpc) is 3.74. The Morgan fingerprint density at radius 2 is 1.44 bits per heavy atom. The van der Waals surface area contributed by atoms with Crippen molar-refractivity contribution >= 4 is 17.0 Å². The maximum atomic E-state index is 10.5. The number of nitrogens with one attached hydrogen (secondary N) is 1. The number of rotatable bonds is 7. The predicted octanol–water partition coefficient (Wildman–Crippen LogP) is 5.57. The first-order valence-electron chi connectivity index (χ1n) is 13.8. The minimum Gasteiger partial charge on any atom is -0.396 e. The van der Waals surface area contributed by atoms with Crippen molar-refractivity contribution in [3.8, 4) is 22.5 Å². The lowest BCUT2D eigenvalue weighted by Gasteiger charge is -2.18. The lowest BCUT2D eigenvalue weighted by molar-refractivity contribution is 0.260. The van der Waals surface area contributed by atoms with Crippen molar-refractivity contribution in [2.24, 2.45) is 0 Å². The fourth-order valence-corrected chi connectivity index (χ4v) is 6.44. The maximum Gasteiger partial charge on any atom is 0.165 e. The van der Waals surface area contributed by atoms with Crippen molar-refractivity contribution in [3.05, 3.63) is 84.4 Å². The Hall–Kier alpha value is -4.17. The Balaban J connectivity index is 1.32. The summed E-state index contributed by atoms with van der Waals surface area (Å²) in [7, 11) is 0. The molecule has 2 aliphatic carbocycles. The molecule has 1 saturated carbocycles. The summed E-state index contributed by atoms with van der Waals surface area (Å²) in [5.74, 6) is 0.902. The molecule has 2 aliphatic rings. The van der Waals surface area contributed by atoms with Crippen LogP contribution in [0.4, 0.5) is 5.82 Å². The minimum atomic E-state index is -0.0258. The van der Waals surface area contributed by atoms with E-state index in [2.05, 4.69) is 44.1 Å². The van der Waals surface area contributed by atoms with E-state index in [1.165, 1.54) is 25.7 Å². The first-order chi connectivity index (χ1) is 19.3. The van der Waals surface area contributed by atoms with Crippen LogP contribution in [0.25, 0.3) is 33.7 Å². The molecule has 2 aromatic carbocycles. The van der Waals surface area contributed by atoms with Crippen LogP contribution in [0, 0.1) is 0 Å². The van der Waals surface area contributed by atoms with Crippen molar-refractivity contribution in [1.82, 2.24) is 29.7 Å². The van der Waals surface area contributed by atoms with Crippen LogP contribution in [0.1, 0.15) is 55.1 Å². The second-order valence-corrected chi connectivity index (χ2v) is 10.7. The molecule has 0 amide bonds. The van der Waals surface area contributed by atoms with Crippen LogP contribution in [0.2, 0.25) is 0 Å². The van der Waals surface area contributed by atoms with E-state index in [1.54, 1.807) is 6.33 Å². The van der Waals surface area contributed by atoms with Gasteiger partial charge in [-0.1, -0.05) is 73.5 Å². The quantitative estimate of drug-likeness (QED) is 0.291. The topological polar surface area (TPSA) is 102 Å². The molecule has 7 rings (SSSR count). The molecule has 2 N–H and O–H groups in total. The molecule has 0 spiro atoms. The second kappa shape index (κ2) is 10.2. The van der Waals surface area contributed by atoms with Gasteiger partial charge in [0, 0.05) is 35.5 Å². The van der Waals surface area contributed by atoms with Gasteiger partial charge >= 0.3 is 0 Å². The van der Waals surface area contributed by atoms with Crippen LogP contribution in [0.15, 0.2) is 73.3 Å². The zero-order valence-electron chi connectivity index (χ0n) is 21.7. The number of anilines is 1. The summed E-state index contributed by atoms with van der Waals surface area (Å²) in [5.41, 5.74) is 7.68. The van der Waals surface area contributed by atoms with Crippen molar-refractivity contribution < 1.29 is 5.11 Å². The summed E-state index contributed by atoms with van der Waals surface area (Å²) in [4.78, 5) is 13.9. The third-order valence-corrected chi connectivity index (χ3v) is 8.27. The fraction of sp³-hybridized carbons (Fsp3) is 0.323.